The van der Waals surface area contributed by atoms with Gasteiger partial charge in [0.2, 0.25) is 0 Å². The van der Waals surface area contributed by atoms with E-state index in [4.69, 9.17) is 0 Å². The van der Waals surface area contributed by atoms with Crippen molar-refractivity contribution in [2.75, 3.05) is 0 Å². The lowest BCUT2D eigenvalue weighted by atomic mass is 10.2. The summed E-state index contributed by atoms with van der Waals surface area (Å²) in [5.41, 5.74) is 2.42. The third kappa shape index (κ3) is 2.85. The van der Waals surface area contributed by atoms with Crippen molar-refractivity contribution in [3.8, 4) is 11.4 Å². The van der Waals surface area contributed by atoms with E-state index in [2.05, 4.69) is 30.7 Å². The summed E-state index contributed by atoms with van der Waals surface area (Å²) in [5.74, 6) is 0.392. The summed E-state index contributed by atoms with van der Waals surface area (Å²) in [6, 6.07) is 12.5. The van der Waals surface area contributed by atoms with E-state index in [-0.39, 0.29) is 11.9 Å². The number of pyridine rings is 2. The molecule has 0 bridgehead atoms. The van der Waals surface area contributed by atoms with Gasteiger partial charge >= 0.3 is 0 Å². The number of hydrogen-bond acceptors (Lipinski definition) is 5. The fourth-order valence-corrected chi connectivity index (χ4v) is 2.58. The van der Waals surface area contributed by atoms with Crippen molar-refractivity contribution in [3.63, 3.8) is 0 Å². The van der Waals surface area contributed by atoms with E-state index in [0.717, 1.165) is 5.65 Å². The molecule has 4 aromatic heterocycles. The smallest absolute Gasteiger partial charge is 0.269 e. The Labute approximate surface area is 142 Å². The molecule has 1 atom stereocenters. The number of H-pyrrole nitrogens is 1. The summed E-state index contributed by atoms with van der Waals surface area (Å²) >= 11 is 0. The number of nitrogens with zero attached hydrogens (tertiary/aromatic N) is 5. The highest BCUT2D eigenvalue weighted by atomic mass is 16.2. The van der Waals surface area contributed by atoms with Crippen LogP contribution in [0.1, 0.15) is 29.3 Å². The molecule has 124 valence electrons. The van der Waals surface area contributed by atoms with Crippen LogP contribution in [0.15, 0.2) is 54.9 Å². The number of fused-ring (bicyclic) bond motifs is 1. The maximum atomic E-state index is 12.5. The minimum Gasteiger partial charge on any atom is -0.341 e. The first-order valence-corrected chi connectivity index (χ1v) is 7.80. The zero-order valence-corrected chi connectivity index (χ0v) is 13.4. The van der Waals surface area contributed by atoms with Crippen molar-refractivity contribution < 1.29 is 4.79 Å². The van der Waals surface area contributed by atoms with Crippen LogP contribution in [-0.4, -0.2) is 35.7 Å². The molecule has 0 aliphatic carbocycles. The number of hydrogen-bond donors (Lipinski definition) is 2. The lowest BCUT2D eigenvalue weighted by Crippen LogP contribution is -2.28. The van der Waals surface area contributed by atoms with Crippen LogP contribution in [0.5, 0.6) is 0 Å². The zero-order valence-electron chi connectivity index (χ0n) is 13.4. The van der Waals surface area contributed by atoms with Gasteiger partial charge in [0.25, 0.3) is 5.91 Å². The van der Waals surface area contributed by atoms with Gasteiger partial charge in [0.1, 0.15) is 11.4 Å². The second-order valence-corrected chi connectivity index (χ2v) is 5.56. The Bertz CT molecular complexity index is 1020. The van der Waals surface area contributed by atoms with Crippen LogP contribution in [0.3, 0.4) is 0 Å². The van der Waals surface area contributed by atoms with Gasteiger partial charge in [-0.2, -0.15) is 5.10 Å². The largest absolute Gasteiger partial charge is 0.341 e. The molecule has 8 nitrogen and oxygen atoms in total. The molecule has 2 N–H and O–H groups in total. The molecule has 4 heterocycles. The second-order valence-electron chi connectivity index (χ2n) is 5.56. The normalized spacial score (nSPS) is 12.2. The second kappa shape index (κ2) is 6.16. The average Bonchev–Trinajstić information content (AvgIpc) is 3.30. The minimum absolute atomic E-state index is 0.269. The Kier molecular flexibility index (Phi) is 3.70. The number of aromatic nitrogens is 6. The highest BCUT2D eigenvalue weighted by molar-refractivity contribution is 5.93. The predicted molar refractivity (Wildman–Crippen MR) is 90.7 cm³/mol. The molecule has 1 amide bonds. The molecular formula is C17H15N7O. The Balaban J connectivity index is 1.53. The predicted octanol–water partition coefficient (Wildman–Crippen LogP) is 2.01. The molecule has 0 saturated carbocycles. The van der Waals surface area contributed by atoms with E-state index >= 15 is 0 Å². The molecule has 0 aromatic carbocycles. The van der Waals surface area contributed by atoms with Gasteiger partial charge in [-0.25, -0.2) is 0 Å². The fourth-order valence-electron chi connectivity index (χ4n) is 2.58. The molecule has 4 rings (SSSR count). The highest BCUT2D eigenvalue weighted by Gasteiger charge is 2.18. The van der Waals surface area contributed by atoms with Gasteiger partial charge in [0.05, 0.1) is 11.7 Å². The molecule has 4 aromatic rings. The van der Waals surface area contributed by atoms with Crippen LogP contribution < -0.4 is 5.32 Å². The van der Waals surface area contributed by atoms with Gasteiger partial charge < -0.3 is 5.32 Å². The van der Waals surface area contributed by atoms with Gasteiger partial charge in [-0.15, -0.1) is 10.2 Å². The Hall–Kier alpha value is -3.55. The topological polar surface area (TPSA) is 101 Å². The van der Waals surface area contributed by atoms with Gasteiger partial charge in [-0.3, -0.25) is 19.3 Å². The SMILES string of the molecule is C[C@@H](NC(=O)c1cc(-c2ccccn2)n[nH]1)c1nnc2ccccn12. The van der Waals surface area contributed by atoms with Crippen LogP contribution >= 0.6 is 0 Å². The van der Waals surface area contributed by atoms with Gasteiger partial charge in [-0.05, 0) is 37.3 Å². The van der Waals surface area contributed by atoms with E-state index in [1.807, 2.05) is 53.9 Å². The monoisotopic (exact) mass is 333 g/mol. The standard InChI is InChI=1S/C17H15N7O/c1-11(16-23-22-15-7-3-5-9-24(15)16)19-17(25)14-10-13(20-21-14)12-6-2-4-8-18-12/h2-11H,1H3,(H,19,25)(H,20,21)/t11-/m1/s1. The molecule has 0 aliphatic heterocycles. The molecule has 8 heteroatoms. The number of aromatic amines is 1. The first-order valence-electron chi connectivity index (χ1n) is 7.80. The van der Waals surface area contributed by atoms with E-state index < -0.39 is 0 Å². The van der Waals surface area contributed by atoms with E-state index in [9.17, 15) is 4.79 Å². The first kappa shape index (κ1) is 15.0. The third-order valence-corrected chi connectivity index (χ3v) is 3.82. The number of nitrogens with one attached hydrogen (secondary N) is 2. The Morgan fingerprint density at radius 1 is 1.16 bits per heavy atom. The van der Waals surface area contributed by atoms with Crippen molar-refractivity contribution >= 4 is 11.6 Å². The van der Waals surface area contributed by atoms with E-state index in [0.29, 0.717) is 22.9 Å². The van der Waals surface area contributed by atoms with Crippen molar-refractivity contribution in [1.29, 1.82) is 0 Å². The van der Waals surface area contributed by atoms with Gasteiger partial charge in [0, 0.05) is 12.4 Å². The van der Waals surface area contributed by atoms with Crippen molar-refractivity contribution in [1.82, 2.24) is 35.1 Å². The summed E-state index contributed by atoms with van der Waals surface area (Å²) in [6.45, 7) is 1.86. The van der Waals surface area contributed by atoms with Crippen LogP contribution in [0.25, 0.3) is 17.0 Å². The quantitative estimate of drug-likeness (QED) is 0.595. The third-order valence-electron chi connectivity index (χ3n) is 3.82. The number of carbonyl (C=O) groups is 1. The van der Waals surface area contributed by atoms with Crippen LogP contribution in [0.2, 0.25) is 0 Å². The molecular weight excluding hydrogens is 318 g/mol. The molecule has 0 radical (unpaired) electrons. The minimum atomic E-state index is -0.313. The number of rotatable bonds is 4. The maximum absolute atomic E-state index is 12.5. The molecule has 25 heavy (non-hydrogen) atoms. The maximum Gasteiger partial charge on any atom is 0.269 e. The lowest BCUT2D eigenvalue weighted by Gasteiger charge is -2.11. The first-order chi connectivity index (χ1) is 12.2. The van der Waals surface area contributed by atoms with Gasteiger partial charge in [-0.1, -0.05) is 12.1 Å². The molecule has 0 unspecified atom stereocenters. The Morgan fingerprint density at radius 2 is 2.04 bits per heavy atom. The summed E-state index contributed by atoms with van der Waals surface area (Å²) in [4.78, 5) is 16.7. The van der Waals surface area contributed by atoms with Crippen molar-refractivity contribution in [2.45, 2.75) is 13.0 Å². The van der Waals surface area contributed by atoms with E-state index in [1.165, 1.54) is 0 Å². The molecule has 0 fully saturated rings. The summed E-state index contributed by atoms with van der Waals surface area (Å²) in [5, 5.41) is 18.0. The summed E-state index contributed by atoms with van der Waals surface area (Å²) < 4.78 is 1.84. The number of carbonyl (C=O) groups excluding carboxylic acids is 1. The fraction of sp³-hybridized carbons (Fsp3) is 0.118. The summed E-state index contributed by atoms with van der Waals surface area (Å²) in [7, 11) is 0. The van der Waals surface area contributed by atoms with Crippen molar-refractivity contribution in [3.05, 3.63) is 66.4 Å². The Morgan fingerprint density at radius 3 is 2.88 bits per heavy atom. The number of amides is 1. The zero-order chi connectivity index (χ0) is 17.2. The van der Waals surface area contributed by atoms with Crippen LogP contribution in [0, 0.1) is 0 Å². The summed E-state index contributed by atoms with van der Waals surface area (Å²) in [6.07, 6.45) is 3.55. The average molecular weight is 333 g/mol. The lowest BCUT2D eigenvalue weighted by molar-refractivity contribution is 0.0933. The molecule has 0 spiro atoms. The molecule has 0 aliphatic rings. The molecule has 0 saturated heterocycles. The highest BCUT2D eigenvalue weighted by Crippen LogP contribution is 2.16. The van der Waals surface area contributed by atoms with Crippen LogP contribution in [0.4, 0.5) is 0 Å². The van der Waals surface area contributed by atoms with Gasteiger partial charge in [0.15, 0.2) is 11.5 Å². The van der Waals surface area contributed by atoms with Crippen LogP contribution in [-0.2, 0) is 0 Å². The van der Waals surface area contributed by atoms with Crippen molar-refractivity contribution in [2.24, 2.45) is 0 Å². The van der Waals surface area contributed by atoms with E-state index in [1.54, 1.807) is 12.3 Å².